The van der Waals surface area contributed by atoms with Gasteiger partial charge in [-0.15, -0.1) is 0 Å². The Labute approximate surface area is 150 Å². The number of aromatic hydroxyl groups is 2. The van der Waals surface area contributed by atoms with E-state index in [1.54, 1.807) is 24.4 Å². The minimum Gasteiger partial charge on any atom is -0.504 e. The Morgan fingerprint density at radius 2 is 2.04 bits per heavy atom. The van der Waals surface area contributed by atoms with Crippen molar-refractivity contribution in [1.29, 1.82) is 0 Å². The number of aromatic nitrogens is 1. The number of esters is 1. The second-order valence-electron chi connectivity index (χ2n) is 6.05. The van der Waals surface area contributed by atoms with Gasteiger partial charge in [-0.25, -0.2) is 0 Å². The van der Waals surface area contributed by atoms with E-state index in [0.29, 0.717) is 11.1 Å². The molecule has 0 aliphatic carbocycles. The average molecular weight is 359 g/mol. The lowest BCUT2D eigenvalue weighted by atomic mass is 9.94. The van der Waals surface area contributed by atoms with E-state index in [-0.39, 0.29) is 37.0 Å². The Bertz CT molecular complexity index is 778. The number of rotatable bonds is 7. The van der Waals surface area contributed by atoms with Crippen LogP contribution in [0.1, 0.15) is 22.8 Å². The molecule has 0 spiro atoms. The van der Waals surface area contributed by atoms with Crippen molar-refractivity contribution in [3.8, 4) is 11.5 Å². The van der Waals surface area contributed by atoms with Crippen LogP contribution in [0.5, 0.6) is 11.5 Å². The van der Waals surface area contributed by atoms with Crippen molar-refractivity contribution in [1.82, 2.24) is 10.3 Å². The molecule has 0 saturated carbocycles. The number of nitrogens with zero attached hydrogens (tertiary/aromatic N) is 1. The predicted molar refractivity (Wildman–Crippen MR) is 93.6 cm³/mol. The molecular weight excluding hydrogens is 338 g/mol. The molecule has 1 amide bonds. The van der Waals surface area contributed by atoms with Gasteiger partial charge in [0.2, 0.25) is 0 Å². The fourth-order valence-corrected chi connectivity index (χ4v) is 2.25. The van der Waals surface area contributed by atoms with E-state index in [9.17, 15) is 19.8 Å². The van der Waals surface area contributed by atoms with Crippen LogP contribution in [0.25, 0.3) is 0 Å². The molecule has 5 N–H and O–H groups in total. The standard InChI is InChI=1S/C18H21N3O5/c1-18(19,10-12-4-5-14(22)15(23)9-12)17(25)26-8-7-21-16(24)13-3-2-6-20-11-13/h2-6,9,11,22-23H,7-8,10,19H2,1H3,(H,21,24)/t18-/m0/s1. The van der Waals surface area contributed by atoms with Crippen molar-refractivity contribution in [3.63, 3.8) is 0 Å². The fraction of sp³-hybridized carbons (Fsp3) is 0.278. The molecule has 0 bridgehead atoms. The maximum absolute atomic E-state index is 12.2. The molecule has 8 heteroatoms. The van der Waals surface area contributed by atoms with Crippen LogP contribution >= 0.6 is 0 Å². The first kappa shape index (κ1) is 19.2. The Kier molecular flexibility index (Phi) is 6.13. The second kappa shape index (κ2) is 8.30. The first-order valence-electron chi connectivity index (χ1n) is 7.95. The molecule has 138 valence electrons. The van der Waals surface area contributed by atoms with Gasteiger partial charge < -0.3 is 26.0 Å². The number of amides is 1. The topological polar surface area (TPSA) is 135 Å². The van der Waals surface area contributed by atoms with E-state index >= 15 is 0 Å². The van der Waals surface area contributed by atoms with Gasteiger partial charge in [-0.1, -0.05) is 6.07 Å². The predicted octanol–water partition coefficient (Wildman–Crippen LogP) is 0.726. The minimum absolute atomic E-state index is 0.0293. The van der Waals surface area contributed by atoms with Crippen molar-refractivity contribution in [2.45, 2.75) is 18.9 Å². The van der Waals surface area contributed by atoms with E-state index in [4.69, 9.17) is 10.5 Å². The molecule has 0 saturated heterocycles. The van der Waals surface area contributed by atoms with Crippen LogP contribution in [0.4, 0.5) is 0 Å². The van der Waals surface area contributed by atoms with Gasteiger partial charge in [-0.05, 0) is 36.8 Å². The summed E-state index contributed by atoms with van der Waals surface area (Å²) in [5.74, 6) is -1.49. The first-order valence-corrected chi connectivity index (χ1v) is 7.95. The summed E-state index contributed by atoms with van der Waals surface area (Å²) in [7, 11) is 0. The lowest BCUT2D eigenvalue weighted by molar-refractivity contribution is -0.149. The third-order valence-electron chi connectivity index (χ3n) is 3.62. The largest absolute Gasteiger partial charge is 0.504 e. The number of phenolic OH excluding ortho intramolecular Hbond substituents is 2. The number of benzene rings is 1. The highest BCUT2D eigenvalue weighted by atomic mass is 16.5. The molecule has 26 heavy (non-hydrogen) atoms. The highest BCUT2D eigenvalue weighted by Crippen LogP contribution is 2.26. The van der Waals surface area contributed by atoms with Gasteiger partial charge in [0.1, 0.15) is 12.1 Å². The minimum atomic E-state index is -1.32. The number of carbonyl (C=O) groups excluding carboxylic acids is 2. The quantitative estimate of drug-likeness (QED) is 0.325. The molecule has 1 atom stereocenters. The van der Waals surface area contributed by atoms with Crippen LogP contribution in [-0.4, -0.2) is 45.8 Å². The van der Waals surface area contributed by atoms with Crippen LogP contribution < -0.4 is 11.1 Å². The number of carbonyl (C=O) groups is 2. The van der Waals surface area contributed by atoms with Crippen molar-refractivity contribution in [2.75, 3.05) is 13.2 Å². The van der Waals surface area contributed by atoms with Gasteiger partial charge in [0.15, 0.2) is 11.5 Å². The van der Waals surface area contributed by atoms with Gasteiger partial charge in [-0.3, -0.25) is 14.6 Å². The normalized spacial score (nSPS) is 12.8. The average Bonchev–Trinajstić information content (AvgIpc) is 2.62. The third kappa shape index (κ3) is 5.18. The van der Waals surface area contributed by atoms with Gasteiger partial charge in [0, 0.05) is 18.8 Å². The van der Waals surface area contributed by atoms with Crippen LogP contribution in [0, 0.1) is 0 Å². The number of pyridine rings is 1. The lowest BCUT2D eigenvalue weighted by Crippen LogP contribution is -2.48. The molecule has 0 aliphatic rings. The molecule has 1 aromatic carbocycles. The van der Waals surface area contributed by atoms with Crippen LogP contribution in [0.2, 0.25) is 0 Å². The maximum atomic E-state index is 12.2. The molecular formula is C18H21N3O5. The van der Waals surface area contributed by atoms with E-state index < -0.39 is 11.5 Å². The van der Waals surface area contributed by atoms with Crippen molar-refractivity contribution in [3.05, 3.63) is 53.9 Å². The SMILES string of the molecule is C[C@](N)(Cc1ccc(O)c(O)c1)C(=O)OCCNC(=O)c1cccnc1. The summed E-state index contributed by atoms with van der Waals surface area (Å²) in [6.45, 7) is 1.61. The summed E-state index contributed by atoms with van der Waals surface area (Å²) in [6, 6.07) is 7.48. The van der Waals surface area contributed by atoms with Crippen molar-refractivity contribution < 1.29 is 24.5 Å². The summed E-state index contributed by atoms with van der Waals surface area (Å²) in [4.78, 5) is 27.8. The smallest absolute Gasteiger partial charge is 0.326 e. The summed E-state index contributed by atoms with van der Waals surface area (Å²) in [5.41, 5.74) is 5.66. The van der Waals surface area contributed by atoms with Crippen molar-refractivity contribution in [2.24, 2.45) is 5.73 Å². The number of phenols is 2. The van der Waals surface area contributed by atoms with Crippen LogP contribution in [0.15, 0.2) is 42.7 Å². The number of nitrogens with one attached hydrogen (secondary N) is 1. The Hall–Kier alpha value is -3.13. The summed E-state index contributed by atoms with van der Waals surface area (Å²) in [5, 5.41) is 21.4. The summed E-state index contributed by atoms with van der Waals surface area (Å²) in [6.07, 6.45) is 3.11. The molecule has 2 rings (SSSR count). The number of nitrogens with two attached hydrogens (primary N) is 1. The van der Waals surface area contributed by atoms with Gasteiger partial charge in [0.25, 0.3) is 5.91 Å². The summed E-state index contributed by atoms with van der Waals surface area (Å²) < 4.78 is 5.11. The first-order chi connectivity index (χ1) is 12.3. The maximum Gasteiger partial charge on any atom is 0.326 e. The van der Waals surface area contributed by atoms with Gasteiger partial charge in [0.05, 0.1) is 12.1 Å². The molecule has 0 fully saturated rings. The zero-order chi connectivity index (χ0) is 19.2. The van der Waals surface area contributed by atoms with Gasteiger partial charge in [-0.2, -0.15) is 0 Å². The number of ether oxygens (including phenoxy) is 1. The molecule has 1 aromatic heterocycles. The van der Waals surface area contributed by atoms with Crippen LogP contribution in [0.3, 0.4) is 0 Å². The number of hydrogen-bond donors (Lipinski definition) is 4. The van der Waals surface area contributed by atoms with Gasteiger partial charge >= 0.3 is 5.97 Å². The van der Waals surface area contributed by atoms with Crippen LogP contribution in [-0.2, 0) is 16.0 Å². The molecule has 0 unspecified atom stereocenters. The monoisotopic (exact) mass is 359 g/mol. The fourth-order valence-electron chi connectivity index (χ4n) is 2.25. The Morgan fingerprint density at radius 1 is 1.27 bits per heavy atom. The van der Waals surface area contributed by atoms with E-state index in [1.165, 1.54) is 25.3 Å². The van der Waals surface area contributed by atoms with E-state index in [2.05, 4.69) is 10.3 Å². The highest BCUT2D eigenvalue weighted by molar-refractivity contribution is 5.93. The number of hydrogen-bond acceptors (Lipinski definition) is 7. The molecule has 0 aliphatic heterocycles. The third-order valence-corrected chi connectivity index (χ3v) is 3.62. The van der Waals surface area contributed by atoms with E-state index in [1.807, 2.05) is 0 Å². The molecule has 8 nitrogen and oxygen atoms in total. The second-order valence-corrected chi connectivity index (χ2v) is 6.05. The zero-order valence-corrected chi connectivity index (χ0v) is 14.3. The molecule has 1 heterocycles. The molecule has 0 radical (unpaired) electrons. The lowest BCUT2D eigenvalue weighted by Gasteiger charge is -2.22. The molecule has 2 aromatic rings. The zero-order valence-electron chi connectivity index (χ0n) is 14.3. The van der Waals surface area contributed by atoms with E-state index in [0.717, 1.165) is 0 Å². The Morgan fingerprint density at radius 3 is 2.69 bits per heavy atom. The Balaban J connectivity index is 1.80. The highest BCUT2D eigenvalue weighted by Gasteiger charge is 2.30. The van der Waals surface area contributed by atoms with Crippen molar-refractivity contribution >= 4 is 11.9 Å². The summed E-state index contributed by atoms with van der Waals surface area (Å²) >= 11 is 0.